The molecule has 0 radical (unpaired) electrons. The summed E-state index contributed by atoms with van der Waals surface area (Å²) >= 11 is 6.26. The number of hydrogen-bond acceptors (Lipinski definition) is 4. The fourth-order valence-corrected chi connectivity index (χ4v) is 5.08. The Balaban J connectivity index is 2.03. The molecule has 0 aromatic heterocycles. The molecule has 1 aromatic carbocycles. The quantitative estimate of drug-likeness (QED) is 0.580. The van der Waals surface area contributed by atoms with Crippen molar-refractivity contribution in [2.75, 3.05) is 4.90 Å². The Kier molecular flexibility index (Phi) is 3.03. The number of thioether (sulfide) groups is 1. The van der Waals surface area contributed by atoms with Crippen LogP contribution in [0.25, 0.3) is 5.57 Å². The lowest BCUT2D eigenvalue weighted by atomic mass is 9.80. The normalized spacial score (nSPS) is 28.2. The summed E-state index contributed by atoms with van der Waals surface area (Å²) in [4.78, 5) is 27.7. The van der Waals surface area contributed by atoms with Crippen LogP contribution in [0.2, 0.25) is 0 Å². The van der Waals surface area contributed by atoms with Gasteiger partial charge in [-0.05, 0) is 31.7 Å². The standard InChI is InChI=1S/C17H16N2O2S2/c1-8-7-17(2,3)19-12-9(8)5-4-6-10(12)11(15(19)21)13-14(20)18-16(22)23-13/h4-6,8H,7H2,1-3H3,(H,18,20,22). The lowest BCUT2D eigenvalue weighted by molar-refractivity contribution is -0.116. The van der Waals surface area contributed by atoms with Gasteiger partial charge in [-0.2, -0.15) is 0 Å². The smallest absolute Gasteiger partial charge is 0.264 e. The van der Waals surface area contributed by atoms with Crippen LogP contribution in [-0.4, -0.2) is 21.7 Å². The second-order valence-electron chi connectivity index (χ2n) is 6.85. The average Bonchev–Trinajstić information content (AvgIpc) is 2.93. The van der Waals surface area contributed by atoms with E-state index in [1.54, 1.807) is 0 Å². The predicted molar refractivity (Wildman–Crippen MR) is 96.3 cm³/mol. The highest BCUT2D eigenvalue weighted by Crippen LogP contribution is 2.53. The van der Waals surface area contributed by atoms with Crippen LogP contribution in [0.4, 0.5) is 5.69 Å². The molecule has 4 nitrogen and oxygen atoms in total. The van der Waals surface area contributed by atoms with Gasteiger partial charge in [0, 0.05) is 11.1 Å². The number of nitrogens with zero attached hydrogens (tertiary/aromatic N) is 1. The molecule has 3 aliphatic rings. The van der Waals surface area contributed by atoms with Crippen LogP contribution in [0.5, 0.6) is 0 Å². The second kappa shape index (κ2) is 4.68. The number of hydrogen-bond donors (Lipinski definition) is 1. The average molecular weight is 344 g/mol. The van der Waals surface area contributed by atoms with Crippen molar-refractivity contribution in [2.24, 2.45) is 0 Å². The maximum Gasteiger partial charge on any atom is 0.264 e. The Bertz CT molecular complexity index is 826. The van der Waals surface area contributed by atoms with Crippen LogP contribution in [0.15, 0.2) is 23.1 Å². The van der Waals surface area contributed by atoms with E-state index in [1.807, 2.05) is 17.0 Å². The van der Waals surface area contributed by atoms with Gasteiger partial charge in [0.15, 0.2) is 0 Å². The first kappa shape index (κ1) is 14.9. The fraction of sp³-hybridized carbons (Fsp3) is 0.353. The SMILES string of the molecule is CC1CC(C)(C)N2C(=O)C(=C3SC(=S)NC3=O)c3cccc1c32. The van der Waals surface area contributed by atoms with Crippen molar-refractivity contribution in [3.8, 4) is 0 Å². The zero-order chi connectivity index (χ0) is 16.5. The predicted octanol–water partition coefficient (Wildman–Crippen LogP) is 3.18. The van der Waals surface area contributed by atoms with E-state index in [2.05, 4.69) is 32.2 Å². The Labute approximate surface area is 144 Å². The summed E-state index contributed by atoms with van der Waals surface area (Å²) in [5.41, 5.74) is 3.22. The third kappa shape index (κ3) is 1.94. The number of carbonyl (C=O) groups is 2. The largest absolute Gasteiger partial charge is 0.307 e. The van der Waals surface area contributed by atoms with Crippen molar-refractivity contribution < 1.29 is 9.59 Å². The molecular formula is C17H16N2O2S2. The topological polar surface area (TPSA) is 49.4 Å². The van der Waals surface area contributed by atoms with Crippen molar-refractivity contribution >= 4 is 51.4 Å². The van der Waals surface area contributed by atoms with Crippen LogP contribution < -0.4 is 10.2 Å². The summed E-state index contributed by atoms with van der Waals surface area (Å²) in [5, 5.41) is 2.61. The third-order valence-electron chi connectivity index (χ3n) is 4.76. The van der Waals surface area contributed by atoms with Crippen molar-refractivity contribution in [1.29, 1.82) is 0 Å². The van der Waals surface area contributed by atoms with Crippen molar-refractivity contribution in [3.05, 3.63) is 34.2 Å². The number of thiocarbonyl (C=S) groups is 1. The third-order valence-corrected chi connectivity index (χ3v) is 6.00. The molecule has 1 N–H and O–H groups in total. The van der Waals surface area contributed by atoms with Gasteiger partial charge in [-0.1, -0.05) is 49.1 Å². The molecule has 1 aromatic rings. The Hall–Kier alpha value is -1.66. The van der Waals surface area contributed by atoms with Gasteiger partial charge < -0.3 is 10.2 Å². The maximum atomic E-state index is 13.2. The minimum Gasteiger partial charge on any atom is -0.307 e. The van der Waals surface area contributed by atoms with E-state index in [0.717, 1.165) is 17.7 Å². The monoisotopic (exact) mass is 344 g/mol. The van der Waals surface area contributed by atoms with Gasteiger partial charge in [0.25, 0.3) is 11.8 Å². The van der Waals surface area contributed by atoms with Gasteiger partial charge >= 0.3 is 0 Å². The molecule has 1 fully saturated rings. The highest BCUT2D eigenvalue weighted by atomic mass is 32.2. The van der Waals surface area contributed by atoms with E-state index in [9.17, 15) is 9.59 Å². The van der Waals surface area contributed by atoms with Crippen molar-refractivity contribution in [3.63, 3.8) is 0 Å². The first-order valence-corrected chi connectivity index (χ1v) is 8.79. The number of para-hydroxylation sites is 1. The van der Waals surface area contributed by atoms with E-state index >= 15 is 0 Å². The van der Waals surface area contributed by atoms with Crippen LogP contribution in [-0.2, 0) is 9.59 Å². The number of rotatable bonds is 0. The zero-order valence-electron chi connectivity index (χ0n) is 13.1. The molecule has 0 bridgehead atoms. The van der Waals surface area contributed by atoms with E-state index in [4.69, 9.17) is 12.2 Å². The molecule has 4 rings (SSSR count). The first-order valence-electron chi connectivity index (χ1n) is 7.56. The summed E-state index contributed by atoms with van der Waals surface area (Å²) < 4.78 is 0.406. The van der Waals surface area contributed by atoms with Crippen LogP contribution in [0.3, 0.4) is 0 Å². The van der Waals surface area contributed by atoms with E-state index in [-0.39, 0.29) is 17.4 Å². The molecule has 0 spiro atoms. The molecule has 1 unspecified atom stereocenters. The molecule has 1 saturated heterocycles. The van der Waals surface area contributed by atoms with Gasteiger partial charge in [0.2, 0.25) is 0 Å². The Morgan fingerprint density at radius 2 is 2.09 bits per heavy atom. The summed E-state index contributed by atoms with van der Waals surface area (Å²) in [6.45, 7) is 6.36. The number of benzene rings is 1. The van der Waals surface area contributed by atoms with E-state index in [0.29, 0.717) is 20.7 Å². The van der Waals surface area contributed by atoms with Crippen LogP contribution in [0, 0.1) is 0 Å². The lowest BCUT2D eigenvalue weighted by Crippen LogP contribution is -2.49. The van der Waals surface area contributed by atoms with Crippen molar-refractivity contribution in [2.45, 2.75) is 38.6 Å². The Morgan fingerprint density at radius 3 is 2.74 bits per heavy atom. The summed E-state index contributed by atoms with van der Waals surface area (Å²) in [5.74, 6) is 0.0119. The van der Waals surface area contributed by atoms with Gasteiger partial charge in [-0.15, -0.1) is 0 Å². The molecule has 23 heavy (non-hydrogen) atoms. The second-order valence-corrected chi connectivity index (χ2v) is 8.54. The highest BCUT2D eigenvalue weighted by Gasteiger charge is 2.49. The molecular weight excluding hydrogens is 328 g/mol. The summed E-state index contributed by atoms with van der Waals surface area (Å²) in [7, 11) is 0. The summed E-state index contributed by atoms with van der Waals surface area (Å²) in [6, 6.07) is 5.98. The zero-order valence-corrected chi connectivity index (χ0v) is 14.7. The molecule has 1 atom stereocenters. The number of nitrogens with one attached hydrogen (secondary N) is 1. The van der Waals surface area contributed by atoms with Gasteiger partial charge in [0.1, 0.15) is 4.32 Å². The minimum atomic E-state index is -0.276. The number of carbonyl (C=O) groups excluding carboxylic acids is 2. The number of amides is 2. The molecule has 118 valence electrons. The minimum absolute atomic E-state index is 0.0910. The number of anilines is 1. The van der Waals surface area contributed by atoms with Gasteiger partial charge in [-0.25, -0.2) is 0 Å². The molecule has 6 heteroatoms. The molecule has 3 heterocycles. The van der Waals surface area contributed by atoms with Crippen LogP contribution in [0.1, 0.15) is 44.2 Å². The van der Waals surface area contributed by atoms with Crippen LogP contribution >= 0.6 is 24.0 Å². The fourth-order valence-electron chi connectivity index (χ4n) is 3.97. The van der Waals surface area contributed by atoms with Gasteiger partial charge in [-0.3, -0.25) is 9.59 Å². The van der Waals surface area contributed by atoms with Crippen molar-refractivity contribution in [1.82, 2.24) is 5.32 Å². The highest BCUT2D eigenvalue weighted by molar-refractivity contribution is 8.27. The van der Waals surface area contributed by atoms with Gasteiger partial charge in [0.05, 0.1) is 16.2 Å². The van der Waals surface area contributed by atoms with E-state index in [1.165, 1.54) is 17.3 Å². The first-order chi connectivity index (χ1) is 10.8. The molecule has 3 aliphatic heterocycles. The summed E-state index contributed by atoms with van der Waals surface area (Å²) in [6.07, 6.45) is 0.898. The maximum absolute atomic E-state index is 13.2. The van der Waals surface area contributed by atoms with E-state index < -0.39 is 0 Å². The molecule has 0 saturated carbocycles. The lowest BCUT2D eigenvalue weighted by Gasteiger charge is -2.43. The molecule has 2 amide bonds. The Morgan fingerprint density at radius 1 is 1.35 bits per heavy atom. The molecule has 0 aliphatic carbocycles.